The van der Waals surface area contributed by atoms with Gasteiger partial charge in [-0.3, -0.25) is 43.3 Å². The summed E-state index contributed by atoms with van der Waals surface area (Å²) in [5, 5.41) is 25.5. The molecule has 29 heteroatoms. The number of aliphatic carboxylic acids is 1. The maximum absolute atomic E-state index is 15.0. The summed E-state index contributed by atoms with van der Waals surface area (Å²) in [6, 6.07) is 7.53. The number of urea groups is 1. The van der Waals surface area contributed by atoms with E-state index in [1.807, 2.05) is 53.5 Å². The highest BCUT2D eigenvalue weighted by Crippen LogP contribution is 2.32. The predicted octanol–water partition coefficient (Wildman–Crippen LogP) is 6.56. The molecule has 3 aromatic rings. The Morgan fingerprint density at radius 2 is 1.45 bits per heavy atom. The largest absolute Gasteiger partial charge is 0.481 e. The number of carboxylic acid groups (broad SMARTS) is 1. The van der Waals surface area contributed by atoms with Gasteiger partial charge in [-0.1, -0.05) is 99.4 Å². The van der Waals surface area contributed by atoms with Gasteiger partial charge >= 0.3 is 36.1 Å². The molecule has 1 aliphatic rings. The number of nitrogens with two attached hydrogens (primary N) is 2. The highest BCUT2D eigenvalue weighted by molar-refractivity contribution is 7.09. The van der Waals surface area contributed by atoms with Gasteiger partial charge in [-0.25, -0.2) is 19.4 Å². The maximum Gasteiger partial charge on any atom is 0.415 e. The van der Waals surface area contributed by atoms with E-state index in [4.69, 9.17) is 30.4 Å². The maximum atomic E-state index is 15.0. The van der Waals surface area contributed by atoms with E-state index < -0.39 is 115 Å². The zero-order chi connectivity index (χ0) is 71.5. The van der Waals surface area contributed by atoms with Gasteiger partial charge in [0.25, 0.3) is 5.91 Å². The number of likely N-dealkylation sites (tertiary alicyclic amines) is 1. The summed E-state index contributed by atoms with van der Waals surface area (Å²) in [4.78, 5) is 155. The Morgan fingerprint density at radius 3 is 2.03 bits per heavy atom. The number of primary amides is 1. The number of carboxylic acids is 1. The number of nitrogens with zero attached hydrogens (tertiary/aromatic N) is 5. The van der Waals surface area contributed by atoms with Crippen LogP contribution in [-0.4, -0.2) is 186 Å². The lowest BCUT2D eigenvalue weighted by molar-refractivity contribution is -0.161. The molecule has 96 heavy (non-hydrogen) atoms. The van der Waals surface area contributed by atoms with E-state index in [0.29, 0.717) is 36.1 Å². The third kappa shape index (κ3) is 26.6. The number of hydrogen-bond donors (Lipinski definition) is 8. The molecule has 0 radical (unpaired) electrons. The van der Waals surface area contributed by atoms with Crippen molar-refractivity contribution in [1.82, 2.24) is 45.9 Å². The number of carbonyl (C=O) groups excluding carboxylic acids is 10. The van der Waals surface area contributed by atoms with Gasteiger partial charge in [-0.15, -0.1) is 11.3 Å². The molecule has 28 nitrogen and oxygen atoms in total. The minimum Gasteiger partial charge on any atom is -0.481 e. The minimum atomic E-state index is -1.09. The highest BCUT2D eigenvalue weighted by atomic mass is 32.1. The molecule has 4 rings (SSSR count). The van der Waals surface area contributed by atoms with Crippen LogP contribution in [0.15, 0.2) is 53.9 Å². The molecule has 0 spiro atoms. The van der Waals surface area contributed by atoms with Crippen LogP contribution in [0.4, 0.5) is 20.1 Å². The smallest absolute Gasteiger partial charge is 0.415 e. The molecule has 1 saturated heterocycles. The summed E-state index contributed by atoms with van der Waals surface area (Å²) in [5.41, 5.74) is 12.8. The molecule has 2 heterocycles. The Bertz CT molecular complexity index is 3080. The number of likely N-dealkylation sites (N-methyl/N-ethyl adjacent to an activating group) is 3. The first kappa shape index (κ1) is 80.0. The van der Waals surface area contributed by atoms with Gasteiger partial charge in [0.05, 0.1) is 18.0 Å². The Kier molecular flexibility index (Phi) is 33.0. The number of amides is 9. The minimum absolute atomic E-state index is 0.0193. The van der Waals surface area contributed by atoms with Crippen LogP contribution in [0, 0.1) is 29.6 Å². The zero-order valence-corrected chi connectivity index (χ0v) is 58.6. The van der Waals surface area contributed by atoms with E-state index in [1.54, 1.807) is 62.4 Å². The van der Waals surface area contributed by atoms with Crippen molar-refractivity contribution in [1.29, 1.82) is 0 Å². The van der Waals surface area contributed by atoms with Crippen LogP contribution in [0.1, 0.15) is 160 Å². The fourth-order valence-electron chi connectivity index (χ4n) is 10.4. The van der Waals surface area contributed by atoms with Crippen LogP contribution < -0.4 is 42.8 Å². The second kappa shape index (κ2) is 39.6. The molecule has 1 aromatic heterocycles. The van der Waals surface area contributed by atoms with Crippen LogP contribution in [0.3, 0.4) is 0 Å². The third-order valence-corrected chi connectivity index (χ3v) is 17.6. The molecule has 9 atom stereocenters. The lowest BCUT2D eigenvalue weighted by Crippen LogP contribution is -2.59. The van der Waals surface area contributed by atoms with Crippen LogP contribution in [-0.2, 0) is 60.8 Å². The summed E-state index contributed by atoms with van der Waals surface area (Å²) in [7, 11) is 4.88. The van der Waals surface area contributed by atoms with Crippen molar-refractivity contribution < 1.29 is 76.8 Å². The van der Waals surface area contributed by atoms with E-state index in [0.717, 1.165) is 30.7 Å². The van der Waals surface area contributed by atoms with Gasteiger partial charge in [-0.05, 0) is 111 Å². The fraction of sp³-hybridized carbons (Fsp3) is 0.612. The Morgan fingerprint density at radius 1 is 0.802 bits per heavy atom. The van der Waals surface area contributed by atoms with Crippen molar-refractivity contribution in [3.05, 3.63) is 75.7 Å². The van der Waals surface area contributed by atoms with E-state index in [2.05, 4.69) is 31.6 Å². The molecule has 0 unspecified atom stereocenters. The van der Waals surface area contributed by atoms with E-state index in [-0.39, 0.29) is 104 Å². The van der Waals surface area contributed by atoms with Crippen molar-refractivity contribution in [2.24, 2.45) is 41.1 Å². The molecule has 10 N–H and O–H groups in total. The number of benzene rings is 2. The van der Waals surface area contributed by atoms with Crippen molar-refractivity contribution in [3.63, 3.8) is 0 Å². The number of ether oxygens (including phenoxy) is 4. The molecular weight excluding hydrogens is 1260 g/mol. The monoisotopic (exact) mass is 1360 g/mol. The number of esters is 2. The van der Waals surface area contributed by atoms with Crippen LogP contribution in [0.5, 0.6) is 5.75 Å². The molecule has 9 amide bonds. The quantitative estimate of drug-likeness (QED) is 0.0131. The molecule has 532 valence electrons. The molecule has 1 fully saturated rings. The van der Waals surface area contributed by atoms with Crippen LogP contribution in [0.25, 0.3) is 0 Å². The number of nitrogens with one attached hydrogen (secondary N) is 5. The number of carbonyl (C=O) groups is 11. The second-order valence-electron chi connectivity index (χ2n) is 25.8. The van der Waals surface area contributed by atoms with Crippen LogP contribution >= 0.6 is 11.3 Å². The Labute approximate surface area is 567 Å². The number of rotatable bonds is 37. The summed E-state index contributed by atoms with van der Waals surface area (Å²) in [6.45, 7) is 18.1. The van der Waals surface area contributed by atoms with Gasteiger partial charge in [0, 0.05) is 76.6 Å². The van der Waals surface area contributed by atoms with E-state index in [1.165, 1.54) is 48.0 Å². The zero-order valence-electron chi connectivity index (χ0n) is 57.8. The third-order valence-electron chi connectivity index (χ3n) is 16.6. The summed E-state index contributed by atoms with van der Waals surface area (Å²) >= 11 is 1.05. The first-order chi connectivity index (χ1) is 45.3. The van der Waals surface area contributed by atoms with Gasteiger partial charge in [0.2, 0.25) is 23.6 Å². The summed E-state index contributed by atoms with van der Waals surface area (Å²) < 4.78 is 22.8. The molecule has 1 aliphatic heterocycles. The number of aromatic nitrogens is 1. The van der Waals surface area contributed by atoms with Crippen molar-refractivity contribution in [3.8, 4) is 5.75 Å². The summed E-state index contributed by atoms with van der Waals surface area (Å²) in [5.74, 6) is -6.20. The Balaban J connectivity index is 1.39. The standard InChI is InChI=1S/C67H102N12O16S/c1-14-42(8)57(75-60(84)52-19-15-16-29-76(52)11)63(86)79(38-93-55(81)32-39(2)3)53(40(4)5)35-54(94-44(10)80)62-74-51(37-96-62)59(83)72-48(33-43(9)64(87)88)34-45-22-26-49(27-23-45)95-67(91)78(13)31-30-77(12)66(90)92-36-46-20-24-47(25-21-46)71-58(82)50(18-17-28-70-65(69)89)73-61(85)56(68)41(6)7/h20-27,37,39-43,48,50,52-54,56-57H,14-19,28-36,38,68H2,1-13H3,(H,71,82)(H,72,83)(H,73,85)(H,75,84)(H,87,88)(H3,69,70,89)/t42-,43-,48+,50+,52+,53+,54+,56+,57-/m0/s1. The average Bonchev–Trinajstić information content (AvgIpc) is 1.23. The molecule has 0 aliphatic carbocycles. The second-order valence-corrected chi connectivity index (χ2v) is 26.7. The lowest BCUT2D eigenvalue weighted by Gasteiger charge is -2.39. The number of hydrogen-bond acceptors (Lipinski definition) is 19. The number of piperidine rings is 1. The SMILES string of the molecule is CC[C@H](C)[C@H](NC(=O)[C@H]1CCCCN1C)C(=O)N(COC(=O)CC(C)C)[C@H](C[C@@H](OC(C)=O)c1nc(C(=O)N[C@@H](Cc2ccc(OC(=O)N(C)CCN(C)C(=O)OCc3ccc(NC(=O)[C@@H](CCCNC(N)=O)NC(=O)[C@H](N)C(C)C)cc3)cc2)C[C@H](C)C(=O)O)cs1)C(C)C. The summed E-state index contributed by atoms with van der Waals surface area (Å²) in [6.07, 6.45) is 1.29. The first-order valence-corrected chi connectivity index (χ1v) is 33.7. The van der Waals surface area contributed by atoms with Crippen LogP contribution in [0.2, 0.25) is 0 Å². The van der Waals surface area contributed by atoms with Crippen molar-refractivity contribution in [2.75, 3.05) is 59.4 Å². The predicted molar refractivity (Wildman–Crippen MR) is 360 cm³/mol. The topological polar surface area (TPSA) is 383 Å². The van der Waals surface area contributed by atoms with Gasteiger partial charge < -0.3 is 76.8 Å². The molecule has 2 aromatic carbocycles. The number of thiazole rings is 1. The van der Waals surface area contributed by atoms with Gasteiger partial charge in [-0.2, -0.15) is 0 Å². The highest BCUT2D eigenvalue weighted by Gasteiger charge is 2.40. The molecule has 0 bridgehead atoms. The van der Waals surface area contributed by atoms with Crippen molar-refractivity contribution >= 4 is 82.7 Å². The Hall–Kier alpha value is -8.44. The average molecular weight is 1360 g/mol. The van der Waals surface area contributed by atoms with Crippen molar-refractivity contribution in [2.45, 2.75) is 182 Å². The molecule has 0 saturated carbocycles. The first-order valence-electron chi connectivity index (χ1n) is 32.8. The van der Waals surface area contributed by atoms with E-state index in [9.17, 15) is 53.1 Å². The van der Waals surface area contributed by atoms with Gasteiger partial charge in [0.15, 0.2) is 12.8 Å². The van der Waals surface area contributed by atoms with Gasteiger partial charge in [0.1, 0.15) is 35.1 Å². The normalized spacial score (nSPS) is 15.7. The van der Waals surface area contributed by atoms with E-state index >= 15 is 4.79 Å². The number of anilines is 1. The lowest BCUT2D eigenvalue weighted by atomic mass is 9.92. The fourth-order valence-corrected chi connectivity index (χ4v) is 11.3. The molecular formula is C67H102N12O16S.